The van der Waals surface area contributed by atoms with Gasteiger partial charge in [-0.25, -0.2) is 0 Å². The number of hydrogen-bond acceptors (Lipinski definition) is 3. The van der Waals surface area contributed by atoms with Gasteiger partial charge in [0, 0.05) is 43.3 Å². The van der Waals surface area contributed by atoms with Crippen LogP contribution in [0.3, 0.4) is 0 Å². The summed E-state index contributed by atoms with van der Waals surface area (Å²) in [4.78, 5) is 2.45. The summed E-state index contributed by atoms with van der Waals surface area (Å²) in [6.45, 7) is 6.32. The average molecular weight is 256 g/mol. The molecule has 1 saturated heterocycles. The molecule has 1 N–H and O–H groups in total. The normalized spacial score (nSPS) is 15.8. The molecule has 0 aromatic heterocycles. The first kappa shape index (κ1) is 12.3. The van der Waals surface area contributed by atoms with Crippen LogP contribution in [0, 0.1) is 6.92 Å². The van der Waals surface area contributed by atoms with Gasteiger partial charge in [0.05, 0.1) is 7.11 Å². The highest BCUT2D eigenvalue weighted by Gasteiger charge is 2.16. The van der Waals surface area contributed by atoms with E-state index in [4.69, 9.17) is 4.74 Å². The molecular weight excluding hydrogens is 236 g/mol. The number of piperazine rings is 1. The van der Waals surface area contributed by atoms with Crippen LogP contribution in [0.2, 0.25) is 0 Å². The SMILES string of the molecule is COc1cc(N2CCNCC2)c2ccccc2c1C. The summed E-state index contributed by atoms with van der Waals surface area (Å²) in [7, 11) is 1.75. The van der Waals surface area contributed by atoms with Gasteiger partial charge in [-0.2, -0.15) is 0 Å². The molecule has 0 saturated carbocycles. The Morgan fingerprint density at radius 2 is 1.79 bits per heavy atom. The number of aryl methyl sites for hydroxylation is 1. The van der Waals surface area contributed by atoms with E-state index in [-0.39, 0.29) is 0 Å². The molecule has 0 spiro atoms. The first-order valence-corrected chi connectivity index (χ1v) is 6.83. The van der Waals surface area contributed by atoms with E-state index in [1.807, 2.05) is 0 Å². The molecule has 2 aromatic rings. The van der Waals surface area contributed by atoms with Crippen LogP contribution in [0.5, 0.6) is 5.75 Å². The molecule has 0 amide bonds. The van der Waals surface area contributed by atoms with Crippen LogP contribution < -0.4 is 15.0 Å². The molecule has 1 aliphatic heterocycles. The third kappa shape index (κ3) is 2.15. The lowest BCUT2D eigenvalue weighted by atomic mass is 10.0. The van der Waals surface area contributed by atoms with E-state index in [0.29, 0.717) is 0 Å². The molecule has 2 aromatic carbocycles. The van der Waals surface area contributed by atoms with E-state index >= 15 is 0 Å². The summed E-state index contributed by atoms with van der Waals surface area (Å²) in [6, 6.07) is 10.8. The lowest BCUT2D eigenvalue weighted by Gasteiger charge is -2.31. The van der Waals surface area contributed by atoms with Gasteiger partial charge in [0.15, 0.2) is 0 Å². The van der Waals surface area contributed by atoms with Gasteiger partial charge in [-0.15, -0.1) is 0 Å². The molecule has 0 bridgehead atoms. The molecule has 100 valence electrons. The maximum atomic E-state index is 5.54. The number of methoxy groups -OCH3 is 1. The summed E-state index contributed by atoms with van der Waals surface area (Å²) in [6.07, 6.45) is 0. The lowest BCUT2D eigenvalue weighted by molar-refractivity contribution is 0.412. The fourth-order valence-corrected chi connectivity index (χ4v) is 2.86. The molecule has 19 heavy (non-hydrogen) atoms. The zero-order valence-corrected chi connectivity index (χ0v) is 11.6. The third-order valence-corrected chi connectivity index (χ3v) is 3.92. The van der Waals surface area contributed by atoms with Crippen molar-refractivity contribution in [3.63, 3.8) is 0 Å². The second-order valence-electron chi connectivity index (χ2n) is 5.01. The van der Waals surface area contributed by atoms with Crippen LogP contribution >= 0.6 is 0 Å². The highest BCUT2D eigenvalue weighted by Crippen LogP contribution is 2.35. The van der Waals surface area contributed by atoms with E-state index in [1.165, 1.54) is 22.0 Å². The van der Waals surface area contributed by atoms with Gasteiger partial charge in [0.1, 0.15) is 5.75 Å². The molecule has 0 atom stereocenters. The van der Waals surface area contributed by atoms with Crippen LogP contribution in [-0.4, -0.2) is 33.3 Å². The van der Waals surface area contributed by atoms with E-state index < -0.39 is 0 Å². The van der Waals surface area contributed by atoms with Gasteiger partial charge in [0.2, 0.25) is 0 Å². The Balaban J connectivity index is 2.19. The van der Waals surface area contributed by atoms with Crippen molar-refractivity contribution in [2.24, 2.45) is 0 Å². The van der Waals surface area contributed by atoms with E-state index in [1.54, 1.807) is 7.11 Å². The zero-order valence-electron chi connectivity index (χ0n) is 11.6. The van der Waals surface area contributed by atoms with Gasteiger partial charge in [-0.05, 0) is 17.9 Å². The number of rotatable bonds is 2. The van der Waals surface area contributed by atoms with Gasteiger partial charge < -0.3 is 15.0 Å². The number of benzene rings is 2. The van der Waals surface area contributed by atoms with Crippen molar-refractivity contribution in [3.05, 3.63) is 35.9 Å². The fraction of sp³-hybridized carbons (Fsp3) is 0.375. The number of anilines is 1. The second kappa shape index (κ2) is 5.10. The number of ether oxygens (including phenoxy) is 1. The van der Waals surface area contributed by atoms with Gasteiger partial charge in [-0.1, -0.05) is 24.3 Å². The van der Waals surface area contributed by atoms with E-state index in [2.05, 4.69) is 47.5 Å². The molecule has 1 heterocycles. The minimum atomic E-state index is 0.979. The van der Waals surface area contributed by atoms with Crippen LogP contribution in [0.1, 0.15) is 5.56 Å². The highest BCUT2D eigenvalue weighted by atomic mass is 16.5. The summed E-state index contributed by atoms with van der Waals surface area (Å²) in [5.41, 5.74) is 2.51. The summed E-state index contributed by atoms with van der Waals surface area (Å²) >= 11 is 0. The fourth-order valence-electron chi connectivity index (χ4n) is 2.86. The zero-order chi connectivity index (χ0) is 13.2. The van der Waals surface area contributed by atoms with Crippen molar-refractivity contribution in [1.29, 1.82) is 0 Å². The number of hydrogen-bond donors (Lipinski definition) is 1. The molecule has 0 unspecified atom stereocenters. The quantitative estimate of drug-likeness (QED) is 0.893. The molecule has 3 nitrogen and oxygen atoms in total. The maximum absolute atomic E-state index is 5.54. The first-order chi connectivity index (χ1) is 9.31. The maximum Gasteiger partial charge on any atom is 0.124 e. The predicted octanol–water partition coefficient (Wildman–Crippen LogP) is 2.57. The number of nitrogens with zero attached hydrogens (tertiary/aromatic N) is 1. The lowest BCUT2D eigenvalue weighted by Crippen LogP contribution is -2.43. The Labute approximate surface area is 114 Å². The van der Waals surface area contributed by atoms with Crippen LogP contribution in [0.4, 0.5) is 5.69 Å². The standard InChI is InChI=1S/C16H20N2O/c1-12-13-5-3-4-6-14(13)15(11-16(12)19-2)18-9-7-17-8-10-18/h3-6,11,17H,7-10H2,1-2H3. The van der Waals surface area contributed by atoms with Crippen LogP contribution in [0.25, 0.3) is 10.8 Å². The van der Waals surface area contributed by atoms with Gasteiger partial charge >= 0.3 is 0 Å². The van der Waals surface area contributed by atoms with Crippen molar-refractivity contribution >= 4 is 16.5 Å². The molecule has 3 heteroatoms. The summed E-state index contributed by atoms with van der Waals surface area (Å²) in [5, 5.41) is 6.01. The smallest absolute Gasteiger partial charge is 0.124 e. The van der Waals surface area contributed by atoms with Crippen molar-refractivity contribution < 1.29 is 4.74 Å². The van der Waals surface area contributed by atoms with Crippen LogP contribution in [-0.2, 0) is 0 Å². The van der Waals surface area contributed by atoms with Crippen molar-refractivity contribution in [1.82, 2.24) is 5.32 Å². The monoisotopic (exact) mass is 256 g/mol. The molecule has 3 rings (SSSR count). The summed E-state index contributed by atoms with van der Waals surface area (Å²) in [5.74, 6) is 0.979. The van der Waals surface area contributed by atoms with Crippen molar-refractivity contribution in [2.75, 3.05) is 38.2 Å². The van der Waals surface area contributed by atoms with Crippen molar-refractivity contribution in [3.8, 4) is 5.75 Å². The van der Waals surface area contributed by atoms with E-state index in [0.717, 1.165) is 31.9 Å². The molecule has 1 fully saturated rings. The van der Waals surface area contributed by atoms with Crippen LogP contribution in [0.15, 0.2) is 30.3 Å². The molecule has 0 aliphatic carbocycles. The Bertz CT molecular complexity index is 589. The molecule has 1 aliphatic rings. The predicted molar refractivity (Wildman–Crippen MR) is 80.3 cm³/mol. The first-order valence-electron chi connectivity index (χ1n) is 6.83. The minimum Gasteiger partial charge on any atom is -0.496 e. The van der Waals surface area contributed by atoms with Gasteiger partial charge in [0.25, 0.3) is 0 Å². The van der Waals surface area contributed by atoms with Crippen molar-refractivity contribution in [2.45, 2.75) is 6.92 Å². The highest BCUT2D eigenvalue weighted by molar-refractivity contribution is 5.98. The average Bonchev–Trinajstić information content (AvgIpc) is 2.49. The Hall–Kier alpha value is -1.74. The third-order valence-electron chi connectivity index (χ3n) is 3.92. The number of fused-ring (bicyclic) bond motifs is 1. The van der Waals surface area contributed by atoms with Gasteiger partial charge in [-0.3, -0.25) is 0 Å². The Kier molecular flexibility index (Phi) is 3.30. The Morgan fingerprint density at radius 1 is 1.11 bits per heavy atom. The summed E-state index contributed by atoms with van der Waals surface area (Å²) < 4.78 is 5.54. The number of nitrogens with one attached hydrogen (secondary N) is 1. The molecule has 0 radical (unpaired) electrons. The topological polar surface area (TPSA) is 24.5 Å². The Morgan fingerprint density at radius 3 is 2.47 bits per heavy atom. The van der Waals surface area contributed by atoms with E-state index in [9.17, 15) is 0 Å². The minimum absolute atomic E-state index is 0.979. The largest absolute Gasteiger partial charge is 0.496 e. The second-order valence-corrected chi connectivity index (χ2v) is 5.01. The molecular formula is C16H20N2O.